The van der Waals surface area contributed by atoms with Crippen molar-refractivity contribution in [1.29, 1.82) is 0 Å². The zero-order chi connectivity index (χ0) is 20.5. The van der Waals surface area contributed by atoms with Gasteiger partial charge in [-0.3, -0.25) is 14.9 Å². The van der Waals surface area contributed by atoms with Crippen molar-refractivity contribution in [2.45, 2.75) is 6.92 Å². The molecule has 0 spiro atoms. The van der Waals surface area contributed by atoms with Crippen molar-refractivity contribution in [3.63, 3.8) is 0 Å². The lowest BCUT2D eigenvalue weighted by molar-refractivity contribution is -0.122. The molecule has 0 aliphatic carbocycles. The maximum Gasteiger partial charge on any atom is 0.335 e. The van der Waals surface area contributed by atoms with Gasteiger partial charge in [-0.05, 0) is 41.5 Å². The number of benzene rings is 3. The summed E-state index contributed by atoms with van der Waals surface area (Å²) in [5.41, 5.74) is 1.64. The smallest absolute Gasteiger partial charge is 0.335 e. The molecular formula is C23H18N2O4. The van der Waals surface area contributed by atoms with Crippen LogP contribution in [0.25, 0.3) is 16.8 Å². The minimum absolute atomic E-state index is 0.137. The topological polar surface area (TPSA) is 75.7 Å². The molecule has 144 valence electrons. The minimum atomic E-state index is -0.767. The second-order valence-corrected chi connectivity index (χ2v) is 6.65. The van der Waals surface area contributed by atoms with E-state index in [1.807, 2.05) is 36.4 Å². The van der Waals surface area contributed by atoms with Crippen LogP contribution in [-0.2, 0) is 9.59 Å². The number of para-hydroxylation sites is 1. The van der Waals surface area contributed by atoms with Crippen LogP contribution in [0.5, 0.6) is 5.75 Å². The normalized spacial score (nSPS) is 15.7. The third-order valence-electron chi connectivity index (χ3n) is 4.90. The van der Waals surface area contributed by atoms with E-state index < -0.39 is 17.8 Å². The number of imide groups is 2. The van der Waals surface area contributed by atoms with Crippen molar-refractivity contribution >= 4 is 40.4 Å². The van der Waals surface area contributed by atoms with Gasteiger partial charge in [-0.2, -0.15) is 0 Å². The Labute approximate surface area is 167 Å². The number of rotatable bonds is 3. The molecule has 4 rings (SSSR count). The monoisotopic (exact) mass is 386 g/mol. The fourth-order valence-corrected chi connectivity index (χ4v) is 3.44. The predicted molar refractivity (Wildman–Crippen MR) is 111 cm³/mol. The highest BCUT2D eigenvalue weighted by Crippen LogP contribution is 2.32. The molecule has 1 aliphatic rings. The molecule has 1 aliphatic heterocycles. The number of anilines is 1. The molecule has 1 saturated heterocycles. The first-order valence-corrected chi connectivity index (χ1v) is 9.04. The number of urea groups is 1. The highest BCUT2D eigenvalue weighted by atomic mass is 16.5. The third-order valence-corrected chi connectivity index (χ3v) is 4.90. The summed E-state index contributed by atoms with van der Waals surface area (Å²) >= 11 is 0. The molecule has 3 aromatic carbocycles. The van der Waals surface area contributed by atoms with E-state index in [-0.39, 0.29) is 5.57 Å². The number of methoxy groups -OCH3 is 1. The number of hydrogen-bond donors (Lipinski definition) is 1. The number of aryl methyl sites for hydroxylation is 1. The van der Waals surface area contributed by atoms with Gasteiger partial charge in [-0.25, -0.2) is 9.69 Å². The zero-order valence-corrected chi connectivity index (χ0v) is 15.9. The number of amides is 4. The van der Waals surface area contributed by atoms with Crippen molar-refractivity contribution in [1.82, 2.24) is 5.32 Å². The van der Waals surface area contributed by atoms with Crippen LogP contribution in [0, 0.1) is 6.92 Å². The minimum Gasteiger partial charge on any atom is -0.496 e. The van der Waals surface area contributed by atoms with Crippen LogP contribution in [0.2, 0.25) is 0 Å². The second-order valence-electron chi connectivity index (χ2n) is 6.65. The number of carbonyl (C=O) groups excluding carboxylic acids is 3. The van der Waals surface area contributed by atoms with Crippen LogP contribution < -0.4 is 15.0 Å². The van der Waals surface area contributed by atoms with Gasteiger partial charge in [0.1, 0.15) is 11.3 Å². The van der Waals surface area contributed by atoms with Crippen LogP contribution >= 0.6 is 0 Å². The molecule has 0 radical (unpaired) electrons. The van der Waals surface area contributed by atoms with Crippen LogP contribution in [0.1, 0.15) is 11.1 Å². The molecule has 1 fully saturated rings. The number of nitrogens with one attached hydrogen (secondary N) is 1. The van der Waals surface area contributed by atoms with Crippen molar-refractivity contribution in [2.24, 2.45) is 0 Å². The van der Waals surface area contributed by atoms with Crippen molar-refractivity contribution in [3.8, 4) is 5.75 Å². The summed E-state index contributed by atoms with van der Waals surface area (Å²) in [6, 6.07) is 17.5. The number of barbiturate groups is 1. The number of nitrogens with zero attached hydrogens (tertiary/aromatic N) is 1. The zero-order valence-electron chi connectivity index (χ0n) is 15.9. The SMILES string of the molecule is COc1ccc2ccccc2c1C=C1C(=O)NC(=O)N(c2ccccc2C)C1=O. The molecule has 0 bridgehead atoms. The summed E-state index contributed by atoms with van der Waals surface area (Å²) in [5, 5.41) is 4.03. The summed E-state index contributed by atoms with van der Waals surface area (Å²) in [6.07, 6.45) is 1.48. The quantitative estimate of drug-likeness (QED) is 0.548. The van der Waals surface area contributed by atoms with E-state index in [9.17, 15) is 14.4 Å². The second kappa shape index (κ2) is 7.24. The largest absolute Gasteiger partial charge is 0.496 e. The van der Waals surface area contributed by atoms with E-state index in [0.29, 0.717) is 17.0 Å². The van der Waals surface area contributed by atoms with Crippen LogP contribution in [0.3, 0.4) is 0 Å². The van der Waals surface area contributed by atoms with Gasteiger partial charge < -0.3 is 4.74 Å². The fraction of sp³-hybridized carbons (Fsp3) is 0.0870. The van der Waals surface area contributed by atoms with E-state index in [4.69, 9.17) is 4.74 Å². The Balaban J connectivity index is 1.89. The Hall–Kier alpha value is -3.93. The number of fused-ring (bicyclic) bond motifs is 1. The van der Waals surface area contributed by atoms with E-state index in [2.05, 4.69) is 5.32 Å². The van der Waals surface area contributed by atoms with Crippen LogP contribution in [-0.4, -0.2) is 25.0 Å². The van der Waals surface area contributed by atoms with Gasteiger partial charge in [-0.1, -0.05) is 48.5 Å². The van der Waals surface area contributed by atoms with Crippen molar-refractivity contribution in [2.75, 3.05) is 12.0 Å². The summed E-state index contributed by atoms with van der Waals surface area (Å²) in [4.78, 5) is 39.1. The van der Waals surface area contributed by atoms with Gasteiger partial charge in [0.25, 0.3) is 11.8 Å². The molecule has 6 nitrogen and oxygen atoms in total. The maximum absolute atomic E-state index is 13.2. The first kappa shape index (κ1) is 18.4. The van der Waals surface area contributed by atoms with E-state index >= 15 is 0 Å². The molecule has 0 atom stereocenters. The molecule has 4 amide bonds. The van der Waals surface area contributed by atoms with E-state index in [0.717, 1.165) is 21.2 Å². The lowest BCUT2D eigenvalue weighted by Crippen LogP contribution is -2.54. The van der Waals surface area contributed by atoms with Crippen molar-refractivity contribution in [3.05, 3.63) is 77.4 Å². The summed E-state index contributed by atoms with van der Waals surface area (Å²) in [7, 11) is 1.53. The molecule has 29 heavy (non-hydrogen) atoms. The highest BCUT2D eigenvalue weighted by Gasteiger charge is 2.37. The Morgan fingerprint density at radius 1 is 0.931 bits per heavy atom. The molecule has 1 heterocycles. The Kier molecular flexibility index (Phi) is 4.60. The van der Waals surface area contributed by atoms with E-state index in [1.54, 1.807) is 31.2 Å². The third kappa shape index (κ3) is 3.14. The average molecular weight is 386 g/mol. The molecule has 3 aromatic rings. The number of hydrogen-bond acceptors (Lipinski definition) is 4. The van der Waals surface area contributed by atoms with Gasteiger partial charge in [-0.15, -0.1) is 0 Å². The first-order valence-electron chi connectivity index (χ1n) is 9.04. The van der Waals surface area contributed by atoms with E-state index in [1.165, 1.54) is 13.2 Å². The summed E-state index contributed by atoms with van der Waals surface area (Å²) in [5.74, 6) is -0.890. The molecule has 1 N–H and O–H groups in total. The average Bonchev–Trinajstić information content (AvgIpc) is 2.72. The summed E-state index contributed by atoms with van der Waals surface area (Å²) in [6.45, 7) is 1.80. The lowest BCUT2D eigenvalue weighted by Gasteiger charge is -2.27. The molecule has 0 saturated carbocycles. The van der Waals surface area contributed by atoms with Crippen LogP contribution in [0.4, 0.5) is 10.5 Å². The molecular weight excluding hydrogens is 368 g/mol. The standard InChI is InChI=1S/C23H18N2O4/c1-14-7-3-6-10-19(14)25-22(27)18(21(26)24-23(25)28)13-17-16-9-5-4-8-15(16)11-12-20(17)29-2/h3-13H,1-2H3,(H,24,26,28). The van der Waals surface area contributed by atoms with Gasteiger partial charge in [0.2, 0.25) is 0 Å². The predicted octanol–water partition coefficient (Wildman–Crippen LogP) is 3.82. The van der Waals surface area contributed by atoms with Gasteiger partial charge in [0, 0.05) is 5.56 Å². The Morgan fingerprint density at radius 2 is 1.66 bits per heavy atom. The number of ether oxygens (including phenoxy) is 1. The van der Waals surface area contributed by atoms with Gasteiger partial charge in [0.05, 0.1) is 12.8 Å². The molecule has 0 aromatic heterocycles. The van der Waals surface area contributed by atoms with Crippen LogP contribution in [0.15, 0.2) is 66.2 Å². The Bertz CT molecular complexity index is 1200. The highest BCUT2D eigenvalue weighted by molar-refractivity contribution is 6.39. The molecule has 0 unspecified atom stereocenters. The first-order chi connectivity index (χ1) is 14.0. The van der Waals surface area contributed by atoms with Gasteiger partial charge >= 0.3 is 6.03 Å². The molecule has 6 heteroatoms. The van der Waals surface area contributed by atoms with Crippen molar-refractivity contribution < 1.29 is 19.1 Å². The lowest BCUT2D eigenvalue weighted by atomic mass is 9.99. The Morgan fingerprint density at radius 3 is 2.41 bits per heavy atom. The van der Waals surface area contributed by atoms with Gasteiger partial charge in [0.15, 0.2) is 0 Å². The fourth-order valence-electron chi connectivity index (χ4n) is 3.44. The number of carbonyl (C=O) groups is 3. The summed E-state index contributed by atoms with van der Waals surface area (Å²) < 4.78 is 5.45. The maximum atomic E-state index is 13.2.